The van der Waals surface area contributed by atoms with Crippen molar-refractivity contribution in [2.75, 3.05) is 13.1 Å². The normalized spacial score (nSPS) is 13.1. The van der Waals surface area contributed by atoms with Gasteiger partial charge in [0.25, 0.3) is 0 Å². The molecule has 0 saturated carbocycles. The molecule has 0 fully saturated rings. The van der Waals surface area contributed by atoms with E-state index in [1.807, 2.05) is 45.9 Å². The number of hydrogen-bond donors (Lipinski definition) is 2. The van der Waals surface area contributed by atoms with Crippen molar-refractivity contribution >= 4 is 17.9 Å². The van der Waals surface area contributed by atoms with Gasteiger partial charge in [0.05, 0.1) is 0 Å². The summed E-state index contributed by atoms with van der Waals surface area (Å²) in [6.07, 6.45) is 8.06. The third kappa shape index (κ3) is 13.2. The van der Waals surface area contributed by atoms with E-state index in [9.17, 15) is 14.4 Å². The van der Waals surface area contributed by atoms with Crippen molar-refractivity contribution in [3.63, 3.8) is 0 Å². The number of amides is 3. The van der Waals surface area contributed by atoms with E-state index in [0.29, 0.717) is 19.5 Å². The standard InChI is InChI=1S/C33H57N3O4/c1-10-12-14-15-16-17-21-36(31(38)28(22-24(3)4)35-32(39)40-33(7,8)9)29(30(37)34-20-13-11-2)27-23-25(5)18-19-26(27)6/h18-19,23-24,28-29H,10-17,20-22H2,1-9H3,(H,34,37)(H,35,39). The van der Waals surface area contributed by atoms with Gasteiger partial charge in [-0.2, -0.15) is 0 Å². The molecule has 1 aromatic rings. The van der Waals surface area contributed by atoms with Gasteiger partial charge < -0.3 is 20.3 Å². The predicted molar refractivity (Wildman–Crippen MR) is 164 cm³/mol. The molecule has 2 unspecified atom stereocenters. The molecule has 0 aliphatic heterocycles. The van der Waals surface area contributed by atoms with E-state index in [4.69, 9.17) is 4.74 Å². The highest BCUT2D eigenvalue weighted by atomic mass is 16.6. The van der Waals surface area contributed by atoms with E-state index in [2.05, 4.69) is 24.5 Å². The lowest BCUT2D eigenvalue weighted by molar-refractivity contribution is -0.143. The molecule has 228 valence electrons. The molecule has 0 aliphatic rings. The van der Waals surface area contributed by atoms with Gasteiger partial charge in [0.1, 0.15) is 17.7 Å². The number of rotatable bonds is 17. The Morgan fingerprint density at radius 2 is 1.55 bits per heavy atom. The molecular formula is C33H57N3O4. The lowest BCUT2D eigenvalue weighted by Gasteiger charge is -2.35. The second-order valence-corrected chi connectivity index (χ2v) is 12.5. The van der Waals surface area contributed by atoms with Gasteiger partial charge in [0.2, 0.25) is 11.8 Å². The molecule has 0 radical (unpaired) electrons. The molecule has 0 aromatic heterocycles. The predicted octanol–water partition coefficient (Wildman–Crippen LogP) is 7.39. The molecule has 0 heterocycles. The minimum absolute atomic E-state index is 0.150. The van der Waals surface area contributed by atoms with Crippen LogP contribution in [0.2, 0.25) is 0 Å². The van der Waals surface area contributed by atoms with Gasteiger partial charge in [0.15, 0.2) is 0 Å². The van der Waals surface area contributed by atoms with Crippen LogP contribution in [0.1, 0.15) is 129 Å². The van der Waals surface area contributed by atoms with Crippen molar-refractivity contribution in [3.05, 3.63) is 34.9 Å². The zero-order valence-electron chi connectivity index (χ0n) is 26.8. The number of ether oxygens (including phenoxy) is 1. The Labute approximate surface area is 244 Å². The van der Waals surface area contributed by atoms with E-state index in [0.717, 1.165) is 48.8 Å². The van der Waals surface area contributed by atoms with Crippen LogP contribution in [0.15, 0.2) is 18.2 Å². The average molecular weight is 560 g/mol. The molecule has 0 bridgehead atoms. The van der Waals surface area contributed by atoms with Crippen LogP contribution in [0.5, 0.6) is 0 Å². The van der Waals surface area contributed by atoms with Gasteiger partial charge in [-0.25, -0.2) is 4.79 Å². The lowest BCUT2D eigenvalue weighted by atomic mass is 9.94. The maximum Gasteiger partial charge on any atom is 0.408 e. The van der Waals surface area contributed by atoms with Crippen molar-refractivity contribution in [2.24, 2.45) is 5.92 Å². The third-order valence-corrected chi connectivity index (χ3v) is 6.85. The smallest absolute Gasteiger partial charge is 0.408 e. The summed E-state index contributed by atoms with van der Waals surface area (Å²) in [5.41, 5.74) is 2.13. The van der Waals surface area contributed by atoms with Crippen LogP contribution in [-0.4, -0.2) is 47.5 Å². The number of aryl methyl sites for hydroxylation is 2. The Hall–Kier alpha value is -2.57. The number of nitrogens with zero attached hydrogens (tertiary/aromatic N) is 1. The third-order valence-electron chi connectivity index (χ3n) is 6.85. The number of carbonyl (C=O) groups excluding carboxylic acids is 3. The molecule has 2 atom stereocenters. The molecule has 0 spiro atoms. The molecule has 7 heteroatoms. The highest BCUT2D eigenvalue weighted by Crippen LogP contribution is 2.28. The van der Waals surface area contributed by atoms with E-state index in [-0.39, 0.29) is 17.7 Å². The van der Waals surface area contributed by atoms with Crippen LogP contribution in [0.3, 0.4) is 0 Å². The highest BCUT2D eigenvalue weighted by molar-refractivity contribution is 5.92. The number of hydrogen-bond acceptors (Lipinski definition) is 4. The summed E-state index contributed by atoms with van der Waals surface area (Å²) in [4.78, 5) is 42.7. The van der Waals surface area contributed by atoms with Crippen LogP contribution in [0, 0.1) is 19.8 Å². The monoisotopic (exact) mass is 559 g/mol. The topological polar surface area (TPSA) is 87.7 Å². The summed E-state index contributed by atoms with van der Waals surface area (Å²) in [5, 5.41) is 5.93. The number of unbranched alkanes of at least 4 members (excludes halogenated alkanes) is 6. The molecular weight excluding hydrogens is 502 g/mol. The first-order valence-corrected chi connectivity index (χ1v) is 15.5. The number of nitrogens with one attached hydrogen (secondary N) is 2. The molecule has 3 amide bonds. The summed E-state index contributed by atoms with van der Waals surface area (Å²) in [6, 6.07) is 4.46. The Balaban J connectivity index is 3.49. The second-order valence-electron chi connectivity index (χ2n) is 12.5. The molecule has 2 N–H and O–H groups in total. The zero-order chi connectivity index (χ0) is 30.3. The Kier molecular flexibility index (Phi) is 15.9. The molecule has 1 rings (SSSR count). The van der Waals surface area contributed by atoms with Crippen LogP contribution >= 0.6 is 0 Å². The van der Waals surface area contributed by atoms with Crippen molar-refractivity contribution in [1.29, 1.82) is 0 Å². The van der Waals surface area contributed by atoms with E-state index in [1.54, 1.807) is 25.7 Å². The summed E-state index contributed by atoms with van der Waals surface area (Å²) in [6.45, 7) is 18.7. The summed E-state index contributed by atoms with van der Waals surface area (Å²) >= 11 is 0. The maximum absolute atomic E-state index is 14.4. The van der Waals surface area contributed by atoms with Crippen molar-refractivity contribution in [3.8, 4) is 0 Å². The minimum Gasteiger partial charge on any atom is -0.444 e. The molecule has 1 aromatic carbocycles. The minimum atomic E-state index is -0.800. The number of benzene rings is 1. The quantitative estimate of drug-likeness (QED) is 0.195. The maximum atomic E-state index is 14.4. The average Bonchev–Trinajstić information content (AvgIpc) is 2.85. The van der Waals surface area contributed by atoms with Crippen LogP contribution < -0.4 is 10.6 Å². The second kappa shape index (κ2) is 18.0. The Bertz CT molecular complexity index is 923. The van der Waals surface area contributed by atoms with E-state index in [1.165, 1.54) is 19.3 Å². The Morgan fingerprint density at radius 3 is 2.15 bits per heavy atom. The fourth-order valence-electron chi connectivity index (χ4n) is 4.76. The van der Waals surface area contributed by atoms with Crippen LogP contribution in [-0.2, 0) is 14.3 Å². The molecule has 0 aliphatic carbocycles. The number of carbonyl (C=O) groups is 3. The summed E-state index contributed by atoms with van der Waals surface area (Å²) in [5.74, 6) is -0.274. The molecule has 40 heavy (non-hydrogen) atoms. The van der Waals surface area contributed by atoms with Gasteiger partial charge in [-0.05, 0) is 70.9 Å². The molecule has 7 nitrogen and oxygen atoms in total. The van der Waals surface area contributed by atoms with Gasteiger partial charge in [0, 0.05) is 13.1 Å². The number of alkyl carbamates (subject to hydrolysis) is 1. The van der Waals surface area contributed by atoms with Gasteiger partial charge in [-0.1, -0.05) is 90.0 Å². The highest BCUT2D eigenvalue weighted by Gasteiger charge is 2.37. The fourth-order valence-corrected chi connectivity index (χ4v) is 4.76. The van der Waals surface area contributed by atoms with Crippen molar-refractivity contribution in [1.82, 2.24) is 15.5 Å². The van der Waals surface area contributed by atoms with Crippen LogP contribution in [0.25, 0.3) is 0 Å². The lowest BCUT2D eigenvalue weighted by Crippen LogP contribution is -2.53. The van der Waals surface area contributed by atoms with Gasteiger partial charge >= 0.3 is 6.09 Å². The summed E-state index contributed by atoms with van der Waals surface area (Å²) < 4.78 is 5.51. The van der Waals surface area contributed by atoms with E-state index >= 15 is 0 Å². The van der Waals surface area contributed by atoms with Crippen molar-refractivity contribution in [2.45, 2.75) is 138 Å². The zero-order valence-corrected chi connectivity index (χ0v) is 26.8. The first-order chi connectivity index (χ1) is 18.8. The first kappa shape index (κ1) is 35.5. The van der Waals surface area contributed by atoms with Gasteiger partial charge in [-0.15, -0.1) is 0 Å². The Morgan fingerprint density at radius 1 is 0.925 bits per heavy atom. The van der Waals surface area contributed by atoms with Crippen LogP contribution in [0.4, 0.5) is 4.79 Å². The fraction of sp³-hybridized carbons (Fsp3) is 0.727. The van der Waals surface area contributed by atoms with Gasteiger partial charge in [-0.3, -0.25) is 9.59 Å². The van der Waals surface area contributed by atoms with E-state index < -0.39 is 23.8 Å². The largest absolute Gasteiger partial charge is 0.444 e. The molecule has 0 saturated heterocycles. The SMILES string of the molecule is CCCCCCCCN(C(=O)C(CC(C)C)NC(=O)OC(C)(C)C)C(C(=O)NCCCC)c1cc(C)ccc1C. The van der Waals surface area contributed by atoms with Crippen molar-refractivity contribution < 1.29 is 19.1 Å². The summed E-state index contributed by atoms with van der Waals surface area (Å²) in [7, 11) is 0. The first-order valence-electron chi connectivity index (χ1n) is 15.5.